The van der Waals surface area contributed by atoms with E-state index in [0.717, 1.165) is 0 Å². The van der Waals surface area contributed by atoms with E-state index in [9.17, 15) is 0 Å². The summed E-state index contributed by atoms with van der Waals surface area (Å²) in [5.74, 6) is 0. The van der Waals surface area contributed by atoms with E-state index >= 15 is 0 Å². The first-order chi connectivity index (χ1) is 4.47. The quantitative estimate of drug-likeness (QED) is 0.505. The third kappa shape index (κ3) is 0.561. The predicted molar refractivity (Wildman–Crippen MR) is 28.4 cm³/mol. The predicted octanol–water partition coefficient (Wildman–Crippen LogP) is 0.418. The second-order valence-electron chi connectivity index (χ2n) is 1.49. The van der Waals surface area contributed by atoms with Gasteiger partial charge in [-0.3, -0.25) is 0 Å². The summed E-state index contributed by atoms with van der Waals surface area (Å²) in [5, 5.41) is 7.21. The summed E-state index contributed by atoms with van der Waals surface area (Å²) in [4.78, 5) is 3.75. The minimum Gasteiger partial charge on any atom is -0.441 e. The first-order valence-corrected chi connectivity index (χ1v) is 2.39. The minimum absolute atomic E-state index is 0.498. The Morgan fingerprint density at radius 3 is 3.44 bits per heavy atom. The fraction of sp³-hybridized carbons (Fsp3) is 0. The molecule has 0 aromatic carbocycles. The summed E-state index contributed by atoms with van der Waals surface area (Å²) in [6, 6.07) is 2.73. The molecule has 0 N–H and O–H groups in total. The lowest BCUT2D eigenvalue weighted by atomic mass is 10.5. The lowest BCUT2D eigenvalue weighted by molar-refractivity contribution is 0.601. The van der Waals surface area contributed by atoms with Crippen LogP contribution >= 0.6 is 0 Å². The number of rotatable bonds is 0. The van der Waals surface area contributed by atoms with E-state index in [2.05, 4.69) is 21.2 Å². The van der Waals surface area contributed by atoms with Gasteiger partial charge in [0, 0.05) is 0 Å². The van der Waals surface area contributed by atoms with Crippen molar-refractivity contribution >= 4 is 11.2 Å². The van der Waals surface area contributed by atoms with Gasteiger partial charge in [-0.05, 0) is 0 Å². The van der Waals surface area contributed by atoms with Gasteiger partial charge in [-0.25, -0.2) is 0 Å². The van der Waals surface area contributed by atoms with Gasteiger partial charge < -0.3 is 4.42 Å². The molecule has 0 saturated carbocycles. The lowest BCUT2D eigenvalue weighted by Crippen LogP contribution is -1.78. The van der Waals surface area contributed by atoms with Gasteiger partial charge in [0.05, 0.1) is 12.3 Å². The summed E-state index contributed by atoms with van der Waals surface area (Å²) < 4.78 is 4.85. The highest BCUT2D eigenvalue weighted by molar-refractivity contribution is 5.64. The Bertz CT molecular complexity index is 286. The number of aromatic nitrogens is 3. The van der Waals surface area contributed by atoms with E-state index in [1.54, 1.807) is 0 Å². The fourth-order valence-electron chi connectivity index (χ4n) is 0.581. The van der Waals surface area contributed by atoms with Crippen molar-refractivity contribution < 1.29 is 4.42 Å². The third-order valence-electron chi connectivity index (χ3n) is 0.954. The van der Waals surface area contributed by atoms with Crippen LogP contribution in [-0.2, 0) is 0 Å². The van der Waals surface area contributed by atoms with Gasteiger partial charge in [-0.2, -0.15) is 10.1 Å². The maximum Gasteiger partial charge on any atom is 0.221 e. The van der Waals surface area contributed by atoms with Crippen molar-refractivity contribution in [2.24, 2.45) is 0 Å². The van der Waals surface area contributed by atoms with Crippen LogP contribution in [0.3, 0.4) is 0 Å². The molecule has 1 radical (unpaired) electrons. The summed E-state index contributed by atoms with van der Waals surface area (Å²) in [5.41, 5.74) is 1.04. The molecule has 2 aromatic rings. The number of hydrogen-bond acceptors (Lipinski definition) is 4. The van der Waals surface area contributed by atoms with Crippen LogP contribution < -0.4 is 0 Å². The number of hydrogen-bond donors (Lipinski definition) is 0. The van der Waals surface area contributed by atoms with Gasteiger partial charge in [0.25, 0.3) is 0 Å². The molecule has 4 heteroatoms. The molecule has 0 amide bonds. The van der Waals surface area contributed by atoms with Crippen LogP contribution in [-0.4, -0.2) is 15.2 Å². The molecule has 0 aliphatic heterocycles. The molecule has 9 heavy (non-hydrogen) atoms. The van der Waals surface area contributed by atoms with Gasteiger partial charge in [0.1, 0.15) is 0 Å². The Kier molecular flexibility index (Phi) is 0.745. The molecule has 0 aliphatic carbocycles. The first kappa shape index (κ1) is 4.43. The van der Waals surface area contributed by atoms with E-state index in [4.69, 9.17) is 4.42 Å². The fourth-order valence-corrected chi connectivity index (χ4v) is 0.581. The molecule has 0 unspecified atom stereocenters. The zero-order valence-electron chi connectivity index (χ0n) is 4.40. The van der Waals surface area contributed by atoms with Crippen LogP contribution in [0, 0.1) is 6.07 Å². The Hall–Kier alpha value is -1.45. The summed E-state index contributed by atoms with van der Waals surface area (Å²) >= 11 is 0. The van der Waals surface area contributed by atoms with E-state index < -0.39 is 0 Å². The number of nitrogens with zero attached hydrogens (tertiary/aromatic N) is 3. The van der Waals surface area contributed by atoms with Crippen molar-refractivity contribution in [3.05, 3.63) is 18.7 Å². The third-order valence-corrected chi connectivity index (χ3v) is 0.954. The van der Waals surface area contributed by atoms with Crippen molar-refractivity contribution in [3.8, 4) is 0 Å². The SMILES string of the molecule is [c]1cnnc2ncoc12. The van der Waals surface area contributed by atoms with Crippen molar-refractivity contribution in [1.29, 1.82) is 0 Å². The van der Waals surface area contributed by atoms with Crippen LogP contribution in [0.4, 0.5) is 0 Å². The van der Waals surface area contributed by atoms with E-state index in [1.807, 2.05) is 0 Å². The topological polar surface area (TPSA) is 51.8 Å². The number of oxazole rings is 1. The molecule has 0 fully saturated rings. The second-order valence-corrected chi connectivity index (χ2v) is 1.49. The zero-order chi connectivity index (χ0) is 6.10. The molecule has 43 valence electrons. The van der Waals surface area contributed by atoms with E-state index in [1.165, 1.54) is 12.6 Å². The van der Waals surface area contributed by atoms with Crippen LogP contribution in [0.2, 0.25) is 0 Å². The normalized spacial score (nSPS) is 10.2. The maximum atomic E-state index is 4.85. The van der Waals surface area contributed by atoms with Crippen molar-refractivity contribution in [2.45, 2.75) is 0 Å². The van der Waals surface area contributed by atoms with Gasteiger partial charge in [0.15, 0.2) is 12.0 Å². The van der Waals surface area contributed by atoms with Crippen LogP contribution in [0.15, 0.2) is 17.0 Å². The molecule has 0 saturated heterocycles. The highest BCUT2D eigenvalue weighted by Gasteiger charge is 1.95. The highest BCUT2D eigenvalue weighted by atomic mass is 16.3. The zero-order valence-corrected chi connectivity index (χ0v) is 4.40. The highest BCUT2D eigenvalue weighted by Crippen LogP contribution is 2.03. The Labute approximate surface area is 50.5 Å². The summed E-state index contributed by atoms with van der Waals surface area (Å²) in [6.07, 6.45) is 2.75. The average Bonchev–Trinajstić information content (AvgIpc) is 2.33. The van der Waals surface area contributed by atoms with Crippen LogP contribution in [0.5, 0.6) is 0 Å². The molecule has 0 aliphatic rings. The van der Waals surface area contributed by atoms with Gasteiger partial charge in [-0.1, -0.05) is 0 Å². The molecule has 2 heterocycles. The Balaban J connectivity index is 2.95. The molecular formula is C5H2N3O. The molecule has 0 atom stereocenters. The lowest BCUT2D eigenvalue weighted by Gasteiger charge is -1.76. The molecule has 0 bridgehead atoms. The Morgan fingerprint density at radius 2 is 2.56 bits per heavy atom. The van der Waals surface area contributed by atoms with E-state index in [-0.39, 0.29) is 0 Å². The first-order valence-electron chi connectivity index (χ1n) is 2.39. The smallest absolute Gasteiger partial charge is 0.221 e. The van der Waals surface area contributed by atoms with Gasteiger partial charge in [-0.15, -0.1) is 5.10 Å². The second kappa shape index (κ2) is 1.51. The Morgan fingerprint density at radius 1 is 1.56 bits per heavy atom. The maximum absolute atomic E-state index is 4.85. The van der Waals surface area contributed by atoms with Crippen LogP contribution in [0.1, 0.15) is 0 Å². The monoisotopic (exact) mass is 120 g/mol. The molecular weight excluding hydrogens is 118 g/mol. The standard InChI is InChI=1S/C5H2N3O/c1-2-7-8-5-4(1)9-3-6-5/h2-3H. The average molecular weight is 120 g/mol. The van der Waals surface area contributed by atoms with Gasteiger partial charge in [0.2, 0.25) is 5.65 Å². The molecule has 0 spiro atoms. The summed E-state index contributed by atoms with van der Waals surface area (Å²) in [6.45, 7) is 0. The molecule has 2 rings (SSSR count). The van der Waals surface area contributed by atoms with Gasteiger partial charge >= 0.3 is 0 Å². The molecule has 2 aromatic heterocycles. The summed E-state index contributed by atoms with van der Waals surface area (Å²) in [7, 11) is 0. The van der Waals surface area contributed by atoms with Crippen molar-refractivity contribution in [3.63, 3.8) is 0 Å². The largest absolute Gasteiger partial charge is 0.441 e. The minimum atomic E-state index is 0.498. The molecule has 4 nitrogen and oxygen atoms in total. The van der Waals surface area contributed by atoms with Crippen molar-refractivity contribution in [1.82, 2.24) is 15.2 Å². The number of fused-ring (bicyclic) bond motifs is 1. The van der Waals surface area contributed by atoms with Crippen molar-refractivity contribution in [2.75, 3.05) is 0 Å². The van der Waals surface area contributed by atoms with E-state index in [0.29, 0.717) is 11.2 Å². The van der Waals surface area contributed by atoms with Crippen LogP contribution in [0.25, 0.3) is 11.2 Å².